The van der Waals surface area contributed by atoms with Gasteiger partial charge in [-0.1, -0.05) is 42.0 Å². The van der Waals surface area contributed by atoms with E-state index in [1.54, 1.807) is 30.3 Å². The molecule has 0 radical (unpaired) electrons. The molecule has 3 N–H and O–H groups in total. The van der Waals surface area contributed by atoms with Crippen molar-refractivity contribution in [2.75, 3.05) is 0 Å². The lowest BCUT2D eigenvalue weighted by atomic mass is 10.1. The van der Waals surface area contributed by atoms with Crippen LogP contribution in [0.25, 0.3) is 6.08 Å². The summed E-state index contributed by atoms with van der Waals surface area (Å²) in [6.45, 7) is 0. The third-order valence-corrected chi connectivity index (χ3v) is 3.22. The van der Waals surface area contributed by atoms with Gasteiger partial charge in [0.05, 0.1) is 16.7 Å². The van der Waals surface area contributed by atoms with Crippen molar-refractivity contribution >= 4 is 23.6 Å². The van der Waals surface area contributed by atoms with Gasteiger partial charge in [-0.05, 0) is 35.4 Å². The van der Waals surface area contributed by atoms with Gasteiger partial charge in [0.25, 0.3) is 0 Å². The van der Waals surface area contributed by atoms with E-state index in [1.807, 2.05) is 0 Å². The molecule has 0 aliphatic rings. The second kappa shape index (κ2) is 6.43. The molecule has 21 heavy (non-hydrogen) atoms. The molecule has 0 aromatic heterocycles. The first kappa shape index (κ1) is 15.1. The van der Waals surface area contributed by atoms with Gasteiger partial charge in [-0.25, -0.2) is 4.79 Å². The van der Waals surface area contributed by atoms with Crippen molar-refractivity contribution in [1.82, 2.24) is 0 Å². The third kappa shape index (κ3) is 3.84. The van der Waals surface area contributed by atoms with Crippen LogP contribution >= 0.6 is 11.6 Å². The monoisotopic (exact) mass is 304 g/mol. The zero-order chi connectivity index (χ0) is 15.4. The van der Waals surface area contributed by atoms with Crippen LogP contribution in [0.2, 0.25) is 5.02 Å². The van der Waals surface area contributed by atoms with Crippen LogP contribution in [0, 0.1) is 0 Å². The van der Waals surface area contributed by atoms with Gasteiger partial charge in [-0.15, -0.1) is 0 Å². The molecule has 0 amide bonds. The Morgan fingerprint density at radius 1 is 1.19 bits per heavy atom. The number of hydrogen-bond acceptors (Lipinski definition) is 3. The van der Waals surface area contributed by atoms with Crippen LogP contribution in [0.3, 0.4) is 0 Å². The molecule has 0 saturated carbocycles. The van der Waals surface area contributed by atoms with Crippen LogP contribution in [0.4, 0.5) is 0 Å². The number of aliphatic hydroxyl groups is 1. The van der Waals surface area contributed by atoms with Gasteiger partial charge in [-0.2, -0.15) is 0 Å². The molecule has 0 aliphatic heterocycles. The van der Waals surface area contributed by atoms with E-state index < -0.39 is 12.1 Å². The summed E-state index contributed by atoms with van der Waals surface area (Å²) >= 11 is 5.86. The molecule has 0 heterocycles. The van der Waals surface area contributed by atoms with E-state index in [9.17, 15) is 15.0 Å². The van der Waals surface area contributed by atoms with Crippen molar-refractivity contribution < 1.29 is 20.1 Å². The fourth-order valence-corrected chi connectivity index (χ4v) is 2.10. The van der Waals surface area contributed by atoms with E-state index in [1.165, 1.54) is 24.3 Å². The minimum Gasteiger partial charge on any atom is -0.508 e. The van der Waals surface area contributed by atoms with E-state index in [4.69, 9.17) is 16.7 Å². The molecular weight excluding hydrogens is 292 g/mol. The molecule has 4 nitrogen and oxygen atoms in total. The summed E-state index contributed by atoms with van der Waals surface area (Å²) in [5, 5.41) is 28.4. The summed E-state index contributed by atoms with van der Waals surface area (Å²) in [5.74, 6) is -0.975. The molecule has 2 aromatic carbocycles. The topological polar surface area (TPSA) is 77.8 Å². The van der Waals surface area contributed by atoms with Crippen molar-refractivity contribution in [3.05, 3.63) is 70.3 Å². The highest BCUT2D eigenvalue weighted by molar-refractivity contribution is 6.33. The van der Waals surface area contributed by atoms with E-state index in [2.05, 4.69) is 0 Å². The summed E-state index contributed by atoms with van der Waals surface area (Å²) in [4.78, 5) is 10.9. The van der Waals surface area contributed by atoms with Crippen LogP contribution in [-0.2, 0) is 0 Å². The Morgan fingerprint density at radius 2 is 1.95 bits per heavy atom. The fourth-order valence-electron chi connectivity index (χ4n) is 1.83. The summed E-state index contributed by atoms with van der Waals surface area (Å²) in [6, 6.07) is 10.9. The molecular formula is C16H13ClO4. The molecule has 0 saturated heterocycles. The number of aliphatic hydroxyl groups excluding tert-OH is 1. The van der Waals surface area contributed by atoms with Crippen LogP contribution in [0.15, 0.2) is 48.5 Å². The number of aromatic hydroxyl groups is 1. The first-order chi connectivity index (χ1) is 9.97. The van der Waals surface area contributed by atoms with Crippen LogP contribution < -0.4 is 0 Å². The minimum atomic E-state index is -1.11. The van der Waals surface area contributed by atoms with Gasteiger partial charge in [0, 0.05) is 0 Å². The highest BCUT2D eigenvalue weighted by atomic mass is 35.5. The number of rotatable bonds is 4. The van der Waals surface area contributed by atoms with Crippen LogP contribution in [0.1, 0.15) is 27.6 Å². The lowest BCUT2D eigenvalue weighted by Gasteiger charge is -2.08. The number of carboxylic acids is 1. The van der Waals surface area contributed by atoms with E-state index >= 15 is 0 Å². The zero-order valence-electron chi connectivity index (χ0n) is 10.9. The highest BCUT2D eigenvalue weighted by Crippen LogP contribution is 2.23. The number of hydrogen-bond donors (Lipinski definition) is 3. The lowest BCUT2D eigenvalue weighted by Crippen LogP contribution is -2.00. The summed E-state index contributed by atoms with van der Waals surface area (Å²) in [5.41, 5.74) is 1.22. The van der Waals surface area contributed by atoms with Crippen molar-refractivity contribution in [3.63, 3.8) is 0 Å². The van der Waals surface area contributed by atoms with E-state index in [0.717, 1.165) is 5.56 Å². The van der Waals surface area contributed by atoms with Gasteiger partial charge < -0.3 is 15.3 Å². The average Bonchev–Trinajstić information content (AvgIpc) is 2.44. The normalized spacial score (nSPS) is 12.5. The summed E-state index contributed by atoms with van der Waals surface area (Å²) in [7, 11) is 0. The van der Waals surface area contributed by atoms with Crippen LogP contribution in [0.5, 0.6) is 5.75 Å². The Balaban J connectivity index is 2.18. The number of carbonyl (C=O) groups is 1. The number of benzene rings is 2. The smallest absolute Gasteiger partial charge is 0.337 e. The number of aromatic carboxylic acids is 1. The van der Waals surface area contributed by atoms with Gasteiger partial charge in [0.15, 0.2) is 0 Å². The molecule has 5 heteroatoms. The maximum atomic E-state index is 10.9. The first-order valence-electron chi connectivity index (χ1n) is 6.15. The number of halogens is 1. The Hall–Kier alpha value is -2.30. The number of phenols is 1. The maximum absolute atomic E-state index is 10.9. The molecule has 108 valence electrons. The van der Waals surface area contributed by atoms with Gasteiger partial charge in [0.1, 0.15) is 5.75 Å². The fraction of sp³-hybridized carbons (Fsp3) is 0.0625. The van der Waals surface area contributed by atoms with E-state index in [-0.39, 0.29) is 16.3 Å². The van der Waals surface area contributed by atoms with Crippen molar-refractivity contribution in [2.24, 2.45) is 0 Å². The zero-order valence-corrected chi connectivity index (χ0v) is 11.7. The Morgan fingerprint density at radius 3 is 2.57 bits per heavy atom. The second-order valence-corrected chi connectivity index (χ2v) is 4.85. The standard InChI is InChI=1S/C16H13ClO4/c17-14-9-11(5-6-13(14)16(20)21)15(19)7-4-10-2-1-3-12(18)8-10/h1-9,15,18-19H,(H,20,21)/b7-4+. The first-order valence-corrected chi connectivity index (χ1v) is 6.53. The Bertz CT molecular complexity index is 694. The Labute approximate surface area is 126 Å². The molecule has 1 unspecified atom stereocenters. The third-order valence-electron chi connectivity index (χ3n) is 2.91. The largest absolute Gasteiger partial charge is 0.508 e. The van der Waals surface area contributed by atoms with Crippen molar-refractivity contribution in [1.29, 1.82) is 0 Å². The predicted molar refractivity (Wildman–Crippen MR) is 80.5 cm³/mol. The van der Waals surface area contributed by atoms with Gasteiger partial charge in [-0.3, -0.25) is 0 Å². The van der Waals surface area contributed by atoms with Crippen molar-refractivity contribution in [3.8, 4) is 5.75 Å². The molecule has 0 bridgehead atoms. The molecule has 2 aromatic rings. The molecule has 0 spiro atoms. The molecule has 0 fully saturated rings. The average molecular weight is 305 g/mol. The summed E-state index contributed by atoms with van der Waals surface area (Å²) in [6.07, 6.45) is 2.26. The minimum absolute atomic E-state index is 0.00965. The van der Waals surface area contributed by atoms with Crippen molar-refractivity contribution in [2.45, 2.75) is 6.10 Å². The van der Waals surface area contributed by atoms with Crippen LogP contribution in [-0.4, -0.2) is 21.3 Å². The van der Waals surface area contributed by atoms with E-state index in [0.29, 0.717) is 5.56 Å². The number of carboxylic acid groups (broad SMARTS) is 1. The maximum Gasteiger partial charge on any atom is 0.337 e. The molecule has 0 aliphatic carbocycles. The second-order valence-electron chi connectivity index (χ2n) is 4.44. The lowest BCUT2D eigenvalue weighted by molar-refractivity contribution is 0.0697. The molecule has 2 rings (SSSR count). The van der Waals surface area contributed by atoms with Gasteiger partial charge >= 0.3 is 5.97 Å². The summed E-state index contributed by atoms with van der Waals surface area (Å²) < 4.78 is 0. The number of phenolic OH excluding ortho intramolecular Hbond substituents is 1. The highest BCUT2D eigenvalue weighted by Gasteiger charge is 2.11. The molecule has 1 atom stereocenters. The Kier molecular flexibility index (Phi) is 4.62. The van der Waals surface area contributed by atoms with Gasteiger partial charge in [0.2, 0.25) is 0 Å². The predicted octanol–water partition coefficient (Wildman–Crippen LogP) is 3.49. The SMILES string of the molecule is O=C(O)c1ccc(C(O)/C=C/c2cccc(O)c2)cc1Cl. The quantitative estimate of drug-likeness (QED) is 0.808.